The summed E-state index contributed by atoms with van der Waals surface area (Å²) in [5.74, 6) is 1.65. The lowest BCUT2D eigenvalue weighted by atomic mass is 9.88. The second-order valence-corrected chi connectivity index (χ2v) is 7.54. The number of benzene rings is 2. The number of anilines is 2. The molecule has 5 rings (SSSR count). The molecule has 6 nitrogen and oxygen atoms in total. The lowest BCUT2D eigenvalue weighted by Gasteiger charge is -2.18. The minimum Gasteiger partial charge on any atom is -0.338 e. The normalized spacial score (nSPS) is 16.4. The van der Waals surface area contributed by atoms with Crippen LogP contribution in [0.15, 0.2) is 48.5 Å². The number of H-pyrrole nitrogens is 1. The Morgan fingerprint density at radius 1 is 1.11 bits per heavy atom. The highest BCUT2D eigenvalue weighted by Crippen LogP contribution is 2.34. The fourth-order valence-corrected chi connectivity index (χ4v) is 3.90. The van der Waals surface area contributed by atoms with Gasteiger partial charge in [0.15, 0.2) is 11.6 Å². The smallest absolute Gasteiger partial charge is 0.229 e. The van der Waals surface area contributed by atoms with Gasteiger partial charge in [-0.2, -0.15) is 0 Å². The Morgan fingerprint density at radius 3 is 2.71 bits per heavy atom. The number of aromatic amines is 1. The van der Waals surface area contributed by atoms with Crippen LogP contribution in [0, 0.1) is 12.8 Å². The molecule has 1 aliphatic rings. The van der Waals surface area contributed by atoms with E-state index in [1.165, 1.54) is 0 Å². The molecular weight excluding hydrogens is 350 g/mol. The first-order valence-corrected chi connectivity index (χ1v) is 9.53. The summed E-state index contributed by atoms with van der Waals surface area (Å²) in [7, 11) is 0. The SMILES string of the molecule is Cc1ccccc1Nc1nn(-c2nc3ccccc3[nH]2)c2c1C(=O)CC(C)C2. The van der Waals surface area contributed by atoms with Crippen LogP contribution < -0.4 is 5.32 Å². The molecule has 0 fully saturated rings. The molecule has 0 saturated carbocycles. The summed E-state index contributed by atoms with van der Waals surface area (Å²) in [6, 6.07) is 15.9. The molecule has 1 unspecified atom stereocenters. The van der Waals surface area contributed by atoms with Gasteiger partial charge in [0.2, 0.25) is 5.95 Å². The zero-order chi connectivity index (χ0) is 19.3. The lowest BCUT2D eigenvalue weighted by Crippen LogP contribution is -2.20. The van der Waals surface area contributed by atoms with Crippen LogP contribution in [0.2, 0.25) is 0 Å². The maximum atomic E-state index is 12.9. The van der Waals surface area contributed by atoms with Crippen molar-refractivity contribution in [2.24, 2.45) is 5.92 Å². The predicted molar refractivity (Wildman–Crippen MR) is 109 cm³/mol. The molecule has 6 heteroatoms. The summed E-state index contributed by atoms with van der Waals surface area (Å²) >= 11 is 0. The second kappa shape index (κ2) is 6.34. The van der Waals surface area contributed by atoms with E-state index in [0.29, 0.717) is 23.8 Å². The number of Topliss-reactive ketones (excluding diaryl/α,β-unsaturated/α-hetero) is 1. The lowest BCUT2D eigenvalue weighted by molar-refractivity contribution is 0.0953. The maximum absolute atomic E-state index is 12.9. The molecule has 140 valence electrons. The fourth-order valence-electron chi connectivity index (χ4n) is 3.90. The van der Waals surface area contributed by atoms with Crippen LogP contribution in [-0.2, 0) is 6.42 Å². The predicted octanol–water partition coefficient (Wildman–Crippen LogP) is 4.57. The van der Waals surface area contributed by atoms with Crippen molar-refractivity contribution < 1.29 is 4.79 Å². The number of aromatic nitrogens is 4. The number of carbonyl (C=O) groups excluding carboxylic acids is 1. The number of imidazole rings is 1. The Labute approximate surface area is 162 Å². The van der Waals surface area contributed by atoms with Crippen molar-refractivity contribution in [3.8, 4) is 5.95 Å². The first-order chi connectivity index (χ1) is 13.6. The first kappa shape index (κ1) is 16.7. The molecule has 0 bridgehead atoms. The van der Waals surface area contributed by atoms with E-state index in [4.69, 9.17) is 5.10 Å². The van der Waals surface area contributed by atoms with Crippen molar-refractivity contribution in [3.63, 3.8) is 0 Å². The van der Waals surface area contributed by atoms with E-state index in [-0.39, 0.29) is 11.7 Å². The molecule has 1 aliphatic carbocycles. The first-order valence-electron chi connectivity index (χ1n) is 9.53. The zero-order valence-electron chi connectivity index (χ0n) is 15.9. The van der Waals surface area contributed by atoms with Gasteiger partial charge in [0.1, 0.15) is 0 Å². The van der Waals surface area contributed by atoms with Crippen molar-refractivity contribution >= 4 is 28.3 Å². The molecule has 2 aromatic heterocycles. The summed E-state index contributed by atoms with van der Waals surface area (Å²) in [4.78, 5) is 20.9. The summed E-state index contributed by atoms with van der Waals surface area (Å²) < 4.78 is 1.80. The molecule has 0 aliphatic heterocycles. The third-order valence-electron chi connectivity index (χ3n) is 5.31. The summed E-state index contributed by atoms with van der Waals surface area (Å²) in [6.45, 7) is 4.14. The standard InChI is InChI=1S/C22H21N5O/c1-13-11-18-20(19(28)12-13)21(23-15-8-4-3-7-14(15)2)26-27(18)22-24-16-9-5-6-10-17(16)25-22/h3-10,13H,11-12H2,1-2H3,(H,23,26)(H,24,25). The molecule has 28 heavy (non-hydrogen) atoms. The molecule has 2 N–H and O–H groups in total. The highest BCUT2D eigenvalue weighted by atomic mass is 16.1. The fraction of sp³-hybridized carbons (Fsp3) is 0.227. The minimum absolute atomic E-state index is 0.132. The number of hydrogen-bond acceptors (Lipinski definition) is 4. The van der Waals surface area contributed by atoms with Gasteiger partial charge < -0.3 is 10.3 Å². The molecule has 2 heterocycles. The van der Waals surface area contributed by atoms with Crippen molar-refractivity contribution in [1.82, 2.24) is 19.7 Å². The average molecular weight is 371 g/mol. The number of carbonyl (C=O) groups is 1. The summed E-state index contributed by atoms with van der Waals surface area (Å²) in [5.41, 5.74) is 5.48. The van der Waals surface area contributed by atoms with E-state index >= 15 is 0 Å². The van der Waals surface area contributed by atoms with Crippen LogP contribution in [0.4, 0.5) is 11.5 Å². The van der Waals surface area contributed by atoms with Gasteiger partial charge in [0.05, 0.1) is 22.3 Å². The van der Waals surface area contributed by atoms with Gasteiger partial charge in [0, 0.05) is 12.1 Å². The van der Waals surface area contributed by atoms with Gasteiger partial charge in [-0.1, -0.05) is 37.3 Å². The van der Waals surface area contributed by atoms with Crippen molar-refractivity contribution in [2.45, 2.75) is 26.7 Å². The van der Waals surface area contributed by atoms with Gasteiger partial charge in [-0.05, 0) is 43.0 Å². The Balaban J connectivity index is 1.67. The minimum atomic E-state index is 0.132. The molecule has 0 radical (unpaired) electrons. The Kier molecular flexibility index (Phi) is 3.79. The van der Waals surface area contributed by atoms with E-state index in [1.54, 1.807) is 4.68 Å². The van der Waals surface area contributed by atoms with Crippen LogP contribution >= 0.6 is 0 Å². The third-order valence-corrected chi connectivity index (χ3v) is 5.31. The molecule has 0 spiro atoms. The second-order valence-electron chi connectivity index (χ2n) is 7.54. The molecule has 0 amide bonds. The topological polar surface area (TPSA) is 75.6 Å². The van der Waals surface area contributed by atoms with Gasteiger partial charge >= 0.3 is 0 Å². The Hall–Kier alpha value is -3.41. The molecule has 4 aromatic rings. The average Bonchev–Trinajstić information content (AvgIpc) is 3.25. The van der Waals surface area contributed by atoms with Gasteiger partial charge in [0.25, 0.3) is 0 Å². The van der Waals surface area contributed by atoms with Crippen LogP contribution in [0.25, 0.3) is 17.0 Å². The van der Waals surface area contributed by atoms with E-state index in [0.717, 1.165) is 34.4 Å². The highest BCUT2D eigenvalue weighted by molar-refractivity contribution is 6.03. The van der Waals surface area contributed by atoms with E-state index < -0.39 is 0 Å². The van der Waals surface area contributed by atoms with Crippen molar-refractivity contribution in [1.29, 1.82) is 0 Å². The van der Waals surface area contributed by atoms with Crippen molar-refractivity contribution in [3.05, 3.63) is 65.4 Å². The van der Waals surface area contributed by atoms with Gasteiger partial charge in [-0.3, -0.25) is 4.79 Å². The Morgan fingerprint density at radius 2 is 1.89 bits per heavy atom. The zero-order valence-corrected chi connectivity index (χ0v) is 15.9. The van der Waals surface area contributed by atoms with E-state index in [9.17, 15) is 4.79 Å². The van der Waals surface area contributed by atoms with Gasteiger partial charge in [-0.15, -0.1) is 5.10 Å². The van der Waals surface area contributed by atoms with Gasteiger partial charge in [-0.25, -0.2) is 9.67 Å². The monoisotopic (exact) mass is 371 g/mol. The maximum Gasteiger partial charge on any atom is 0.229 e. The number of nitrogens with one attached hydrogen (secondary N) is 2. The number of rotatable bonds is 3. The highest BCUT2D eigenvalue weighted by Gasteiger charge is 2.32. The number of ketones is 1. The summed E-state index contributed by atoms with van der Waals surface area (Å²) in [5, 5.41) is 8.14. The largest absolute Gasteiger partial charge is 0.338 e. The Bertz CT molecular complexity index is 1170. The number of nitrogens with zero attached hydrogens (tertiary/aromatic N) is 3. The number of aryl methyl sites for hydroxylation is 1. The molecule has 1 atom stereocenters. The van der Waals surface area contributed by atoms with E-state index in [1.807, 2.05) is 55.5 Å². The molecular formula is C22H21N5O. The summed E-state index contributed by atoms with van der Waals surface area (Å²) in [6.07, 6.45) is 1.34. The molecule has 2 aromatic carbocycles. The quantitative estimate of drug-likeness (QED) is 0.553. The van der Waals surface area contributed by atoms with Crippen LogP contribution in [0.1, 0.15) is 35.0 Å². The van der Waals surface area contributed by atoms with E-state index in [2.05, 4.69) is 22.2 Å². The van der Waals surface area contributed by atoms with Crippen LogP contribution in [0.5, 0.6) is 0 Å². The van der Waals surface area contributed by atoms with Crippen LogP contribution in [0.3, 0.4) is 0 Å². The van der Waals surface area contributed by atoms with Crippen LogP contribution in [-0.4, -0.2) is 25.5 Å². The molecule has 0 saturated heterocycles. The third kappa shape index (κ3) is 2.69. The number of hydrogen-bond donors (Lipinski definition) is 2. The number of para-hydroxylation sites is 3. The number of fused-ring (bicyclic) bond motifs is 2. The van der Waals surface area contributed by atoms with Crippen molar-refractivity contribution in [2.75, 3.05) is 5.32 Å².